The van der Waals surface area contributed by atoms with E-state index in [-0.39, 0.29) is 5.69 Å². The Balaban J connectivity index is 2.02. The lowest BCUT2D eigenvalue weighted by Gasteiger charge is -2.17. The first kappa shape index (κ1) is 21.8. The highest BCUT2D eigenvalue weighted by Crippen LogP contribution is 2.36. The normalized spacial score (nSPS) is 12.1. The Morgan fingerprint density at radius 2 is 1.90 bits per heavy atom. The minimum absolute atomic E-state index is 0.0788. The van der Waals surface area contributed by atoms with Gasteiger partial charge in [-0.3, -0.25) is 9.78 Å². The van der Waals surface area contributed by atoms with E-state index in [9.17, 15) is 26.4 Å². The van der Waals surface area contributed by atoms with Gasteiger partial charge in [-0.1, -0.05) is 11.6 Å². The molecule has 3 aromatic rings. The van der Waals surface area contributed by atoms with Crippen LogP contribution in [0.25, 0.3) is 0 Å². The Hall–Kier alpha value is -2.92. The molecule has 2 heterocycles. The maximum Gasteiger partial charge on any atom is 0.417 e. The molecule has 1 aromatic carbocycles. The van der Waals surface area contributed by atoms with E-state index in [1.54, 1.807) is 12.1 Å². The Kier molecular flexibility index (Phi) is 5.61. The smallest absolute Gasteiger partial charge is 0.314 e. The summed E-state index contributed by atoms with van der Waals surface area (Å²) < 4.78 is 66.1. The molecule has 0 fully saturated rings. The number of amides is 1. The summed E-state index contributed by atoms with van der Waals surface area (Å²) in [6, 6.07) is 5.49. The zero-order chi connectivity index (χ0) is 22.3. The molecule has 0 radical (unpaired) electrons. The van der Waals surface area contributed by atoms with Crippen LogP contribution in [-0.2, 0) is 23.1 Å². The first-order valence-corrected chi connectivity index (χ1v) is 10.1. The molecular formula is C18H14ClF3N4O3S. The SMILES string of the molecule is CN(C(=O)c1cnc(S(=O)(=O)c2ccc(Cl)c(C(F)(F)F)c2)n1C)c1cccnc1. The van der Waals surface area contributed by atoms with Crippen molar-refractivity contribution < 1.29 is 26.4 Å². The number of pyridine rings is 1. The van der Waals surface area contributed by atoms with E-state index in [0.717, 1.165) is 22.9 Å². The van der Waals surface area contributed by atoms with Crippen molar-refractivity contribution in [3.63, 3.8) is 0 Å². The summed E-state index contributed by atoms with van der Waals surface area (Å²) in [7, 11) is -1.71. The van der Waals surface area contributed by atoms with Crippen LogP contribution in [0, 0.1) is 0 Å². The standard InChI is InChI=1S/C18H14ClF3N4O3S/c1-25(11-4-3-7-23-9-11)16(27)15-10-24-17(26(15)2)30(28,29)12-5-6-14(19)13(8-12)18(20,21)22/h3-10H,1-2H3. The number of hydrogen-bond donors (Lipinski definition) is 0. The average molecular weight is 459 g/mol. The van der Waals surface area contributed by atoms with Crippen molar-refractivity contribution in [2.24, 2.45) is 7.05 Å². The fourth-order valence-corrected chi connectivity index (χ4v) is 4.28. The number of sulfone groups is 1. The molecule has 0 aliphatic heterocycles. The van der Waals surface area contributed by atoms with Gasteiger partial charge in [-0.2, -0.15) is 13.2 Å². The predicted molar refractivity (Wildman–Crippen MR) is 102 cm³/mol. The van der Waals surface area contributed by atoms with Crippen LogP contribution in [0.5, 0.6) is 0 Å². The van der Waals surface area contributed by atoms with Gasteiger partial charge in [-0.25, -0.2) is 13.4 Å². The molecule has 2 aromatic heterocycles. The number of rotatable bonds is 4. The number of halogens is 4. The topological polar surface area (TPSA) is 85.2 Å². The van der Waals surface area contributed by atoms with Crippen molar-refractivity contribution in [3.05, 3.63) is 65.2 Å². The second-order valence-electron chi connectivity index (χ2n) is 6.20. The van der Waals surface area contributed by atoms with Gasteiger partial charge in [0, 0.05) is 20.3 Å². The highest BCUT2D eigenvalue weighted by Gasteiger charge is 2.36. The lowest BCUT2D eigenvalue weighted by Crippen LogP contribution is -2.28. The molecule has 0 aliphatic rings. The molecule has 30 heavy (non-hydrogen) atoms. The Labute approximate surface area is 174 Å². The van der Waals surface area contributed by atoms with Crippen LogP contribution >= 0.6 is 11.6 Å². The van der Waals surface area contributed by atoms with E-state index in [1.165, 1.54) is 31.4 Å². The first-order valence-electron chi connectivity index (χ1n) is 8.26. The average Bonchev–Trinajstić information content (AvgIpc) is 3.09. The molecular weight excluding hydrogens is 445 g/mol. The summed E-state index contributed by atoms with van der Waals surface area (Å²) in [6.07, 6.45) is -0.823. The lowest BCUT2D eigenvalue weighted by molar-refractivity contribution is -0.137. The van der Waals surface area contributed by atoms with Crippen molar-refractivity contribution in [2.45, 2.75) is 16.2 Å². The molecule has 0 saturated heterocycles. The van der Waals surface area contributed by atoms with Crippen LogP contribution in [0.1, 0.15) is 16.1 Å². The van der Waals surface area contributed by atoms with Crippen molar-refractivity contribution in [1.82, 2.24) is 14.5 Å². The van der Waals surface area contributed by atoms with Crippen LogP contribution in [0.4, 0.5) is 18.9 Å². The summed E-state index contributed by atoms with van der Waals surface area (Å²) >= 11 is 5.56. The van der Waals surface area contributed by atoms with Crippen LogP contribution < -0.4 is 4.90 Å². The third kappa shape index (κ3) is 3.90. The van der Waals surface area contributed by atoms with Gasteiger partial charge < -0.3 is 9.47 Å². The van der Waals surface area contributed by atoms with Crippen molar-refractivity contribution in [3.8, 4) is 0 Å². The number of anilines is 1. The predicted octanol–water partition coefficient (Wildman–Crippen LogP) is 3.60. The summed E-state index contributed by atoms with van der Waals surface area (Å²) in [5, 5.41) is -1.21. The van der Waals surface area contributed by atoms with Gasteiger partial charge in [0.1, 0.15) is 5.69 Å². The number of carbonyl (C=O) groups excluding carboxylic acids is 1. The summed E-state index contributed by atoms with van der Waals surface area (Å²) in [5.74, 6) is -0.577. The molecule has 0 bridgehead atoms. The molecule has 0 unspecified atom stereocenters. The number of alkyl halides is 3. The number of nitrogens with zero attached hydrogens (tertiary/aromatic N) is 4. The monoisotopic (exact) mass is 458 g/mol. The van der Waals surface area contributed by atoms with E-state index >= 15 is 0 Å². The molecule has 12 heteroatoms. The van der Waals surface area contributed by atoms with E-state index < -0.39 is 42.6 Å². The zero-order valence-electron chi connectivity index (χ0n) is 15.6. The molecule has 0 atom stereocenters. The molecule has 0 spiro atoms. The van der Waals surface area contributed by atoms with E-state index in [2.05, 4.69) is 9.97 Å². The number of aromatic nitrogens is 3. The van der Waals surface area contributed by atoms with E-state index in [0.29, 0.717) is 11.8 Å². The Morgan fingerprint density at radius 3 is 2.50 bits per heavy atom. The van der Waals surface area contributed by atoms with Gasteiger partial charge >= 0.3 is 6.18 Å². The van der Waals surface area contributed by atoms with Crippen molar-refractivity contribution in [1.29, 1.82) is 0 Å². The first-order chi connectivity index (χ1) is 13.9. The maximum absolute atomic E-state index is 13.1. The molecule has 0 N–H and O–H groups in total. The van der Waals surface area contributed by atoms with Crippen molar-refractivity contribution in [2.75, 3.05) is 11.9 Å². The molecule has 3 rings (SSSR count). The molecule has 0 aliphatic carbocycles. The van der Waals surface area contributed by atoms with E-state index in [4.69, 9.17) is 11.6 Å². The van der Waals surface area contributed by atoms with Gasteiger partial charge in [0.05, 0.1) is 33.6 Å². The number of benzene rings is 1. The molecule has 7 nitrogen and oxygen atoms in total. The second-order valence-corrected chi connectivity index (χ2v) is 8.45. The van der Waals surface area contributed by atoms with Gasteiger partial charge in [0.15, 0.2) is 0 Å². The fraction of sp³-hybridized carbons (Fsp3) is 0.167. The van der Waals surface area contributed by atoms with Gasteiger partial charge in [-0.15, -0.1) is 0 Å². The third-order valence-corrected chi connectivity index (χ3v) is 6.36. The summed E-state index contributed by atoms with van der Waals surface area (Å²) in [4.78, 5) is 21.0. The van der Waals surface area contributed by atoms with Crippen LogP contribution in [0.2, 0.25) is 5.02 Å². The quantitative estimate of drug-likeness (QED) is 0.596. The Bertz CT molecular complexity index is 1210. The zero-order valence-corrected chi connectivity index (χ0v) is 17.1. The third-order valence-electron chi connectivity index (χ3n) is 4.30. The summed E-state index contributed by atoms with van der Waals surface area (Å²) in [5.41, 5.74) is -0.905. The summed E-state index contributed by atoms with van der Waals surface area (Å²) in [6.45, 7) is 0. The molecule has 1 amide bonds. The van der Waals surface area contributed by atoms with Crippen LogP contribution in [0.3, 0.4) is 0 Å². The van der Waals surface area contributed by atoms with Gasteiger partial charge in [-0.05, 0) is 30.3 Å². The highest BCUT2D eigenvalue weighted by molar-refractivity contribution is 7.91. The van der Waals surface area contributed by atoms with Crippen molar-refractivity contribution >= 4 is 33.0 Å². The minimum Gasteiger partial charge on any atom is -0.314 e. The number of hydrogen-bond acceptors (Lipinski definition) is 5. The Morgan fingerprint density at radius 1 is 1.20 bits per heavy atom. The lowest BCUT2D eigenvalue weighted by atomic mass is 10.2. The second kappa shape index (κ2) is 7.73. The number of carbonyl (C=O) groups is 1. The van der Waals surface area contributed by atoms with Crippen LogP contribution in [0.15, 0.2) is 59.0 Å². The highest BCUT2D eigenvalue weighted by atomic mass is 35.5. The van der Waals surface area contributed by atoms with Crippen LogP contribution in [-0.4, -0.2) is 35.9 Å². The van der Waals surface area contributed by atoms with Gasteiger partial charge in [0.2, 0.25) is 15.0 Å². The largest absolute Gasteiger partial charge is 0.417 e. The van der Waals surface area contributed by atoms with Gasteiger partial charge in [0.25, 0.3) is 5.91 Å². The fourth-order valence-electron chi connectivity index (χ4n) is 2.68. The number of imidazole rings is 1. The maximum atomic E-state index is 13.1. The molecule has 0 saturated carbocycles. The molecule has 158 valence electrons. The van der Waals surface area contributed by atoms with E-state index in [1.807, 2.05) is 0 Å². The minimum atomic E-state index is -4.84.